The molecule has 120 valence electrons. The van der Waals surface area contributed by atoms with Crippen LogP contribution in [-0.2, 0) is 9.92 Å². The molecule has 2 N–H and O–H groups in total. The van der Waals surface area contributed by atoms with E-state index < -0.39 is 32.3 Å². The number of rotatable bonds is 6. The maximum absolute atomic E-state index is 13.2. The highest BCUT2D eigenvalue weighted by atomic mass is 32.2. The fourth-order valence-electron chi connectivity index (χ4n) is 1.78. The average molecular weight is 329 g/mol. The lowest BCUT2D eigenvalue weighted by Crippen LogP contribution is -2.23. The molecule has 22 heavy (non-hydrogen) atoms. The molecule has 0 aliphatic heterocycles. The summed E-state index contributed by atoms with van der Waals surface area (Å²) in [5.74, 6) is -2.17. The summed E-state index contributed by atoms with van der Waals surface area (Å²) in [6, 6.07) is 2.54. The van der Waals surface area contributed by atoms with Crippen LogP contribution < -0.4 is 5.14 Å². The van der Waals surface area contributed by atoms with Crippen LogP contribution in [0.2, 0.25) is 0 Å². The quantitative estimate of drug-likeness (QED) is 0.490. The molecule has 0 saturated carbocycles. The van der Waals surface area contributed by atoms with E-state index in [1.807, 2.05) is 0 Å². The minimum Gasteiger partial charge on any atom is -0.266 e. The molecule has 0 aromatic heterocycles. The van der Waals surface area contributed by atoms with Gasteiger partial charge in [0.2, 0.25) is 5.82 Å². The van der Waals surface area contributed by atoms with Crippen LogP contribution >= 0.6 is 0 Å². The van der Waals surface area contributed by atoms with Crippen molar-refractivity contribution in [3.8, 4) is 0 Å². The fourth-order valence-corrected chi connectivity index (χ4v) is 3.19. The van der Waals surface area contributed by atoms with Crippen molar-refractivity contribution < 1.29 is 18.3 Å². The van der Waals surface area contributed by atoms with Gasteiger partial charge in [-0.05, 0) is 24.5 Å². The number of carbonyl (C=O) groups is 1. The summed E-state index contributed by atoms with van der Waals surface area (Å²) in [6.07, 6.45) is 2.19. The zero-order valence-corrected chi connectivity index (χ0v) is 12.7. The number of hydrogen-bond acceptors (Lipinski definition) is 4. The lowest BCUT2D eigenvalue weighted by Gasteiger charge is -2.09. The van der Waals surface area contributed by atoms with E-state index in [0.717, 1.165) is 18.2 Å². The van der Waals surface area contributed by atoms with Crippen molar-refractivity contribution in [3.63, 3.8) is 0 Å². The molecule has 9 heteroatoms. The van der Waals surface area contributed by atoms with Gasteiger partial charge in [-0.25, -0.2) is 9.35 Å². The third-order valence-electron chi connectivity index (χ3n) is 2.72. The summed E-state index contributed by atoms with van der Waals surface area (Å²) in [5.41, 5.74) is -1.10. The van der Waals surface area contributed by atoms with Gasteiger partial charge < -0.3 is 0 Å². The van der Waals surface area contributed by atoms with E-state index in [2.05, 4.69) is 10.9 Å². The lowest BCUT2D eigenvalue weighted by atomic mass is 10.1. The van der Waals surface area contributed by atoms with Gasteiger partial charge in [0.1, 0.15) is 9.92 Å². The van der Waals surface area contributed by atoms with E-state index in [9.17, 15) is 23.5 Å². The summed E-state index contributed by atoms with van der Waals surface area (Å²) < 4.78 is 28.7. The monoisotopic (exact) mass is 329 g/mol. The van der Waals surface area contributed by atoms with Crippen LogP contribution in [0.1, 0.15) is 23.7 Å². The van der Waals surface area contributed by atoms with E-state index in [4.69, 9.17) is 5.14 Å². The molecule has 0 unspecified atom stereocenters. The molecule has 0 heterocycles. The number of nitro benzene ring substituents is 1. The van der Waals surface area contributed by atoms with Gasteiger partial charge in [0.05, 0.1) is 4.92 Å². The van der Waals surface area contributed by atoms with Gasteiger partial charge in [-0.3, -0.25) is 14.9 Å². The van der Waals surface area contributed by atoms with E-state index >= 15 is 0 Å². The third kappa shape index (κ3) is 5.01. The Morgan fingerprint density at radius 2 is 2.27 bits per heavy atom. The zero-order valence-electron chi connectivity index (χ0n) is 11.9. The van der Waals surface area contributed by atoms with Crippen LogP contribution in [0.15, 0.2) is 35.2 Å². The second-order valence-electron chi connectivity index (χ2n) is 4.81. The highest BCUT2D eigenvalue weighted by Gasteiger charge is 2.19. The van der Waals surface area contributed by atoms with Crippen LogP contribution in [0.5, 0.6) is 0 Å². The van der Waals surface area contributed by atoms with Crippen LogP contribution in [0.3, 0.4) is 0 Å². The molecule has 1 rings (SSSR count). The predicted molar refractivity (Wildman–Crippen MR) is 81.0 cm³/mol. The Hall–Kier alpha value is -2.13. The first kappa shape index (κ1) is 17.9. The maximum Gasteiger partial charge on any atom is 0.305 e. The number of benzene rings is 1. The van der Waals surface area contributed by atoms with Gasteiger partial charge >= 0.3 is 5.69 Å². The lowest BCUT2D eigenvalue weighted by molar-refractivity contribution is -0.387. The summed E-state index contributed by atoms with van der Waals surface area (Å²) in [6.45, 7) is 5.32. The predicted octanol–water partition coefficient (Wildman–Crippen LogP) is 2.43. The van der Waals surface area contributed by atoms with Gasteiger partial charge in [-0.15, -0.1) is 10.9 Å². The van der Waals surface area contributed by atoms with E-state index in [1.165, 1.54) is 0 Å². The second-order valence-corrected chi connectivity index (χ2v) is 6.70. The molecular formula is C13H16FN3O4S. The fraction of sp³-hybridized carbons (Fsp3) is 0.308. The average Bonchev–Trinajstić information content (AvgIpc) is 2.37. The number of amides is 1. The Labute approximate surface area is 127 Å². The van der Waals surface area contributed by atoms with Crippen molar-refractivity contribution in [1.82, 2.24) is 0 Å². The molecule has 0 bridgehead atoms. The Balaban J connectivity index is 3.08. The Kier molecular flexibility index (Phi) is 5.89. The molecule has 1 aromatic rings. The van der Waals surface area contributed by atoms with Gasteiger partial charge in [-0.1, -0.05) is 13.0 Å². The minimum atomic E-state index is -3.28. The highest BCUT2D eigenvalue weighted by molar-refractivity contribution is 7.91. The van der Waals surface area contributed by atoms with Gasteiger partial charge in [0.25, 0.3) is 5.91 Å². The van der Waals surface area contributed by atoms with Crippen LogP contribution in [0.4, 0.5) is 10.1 Å². The van der Waals surface area contributed by atoms with Gasteiger partial charge in [0, 0.05) is 17.4 Å². The number of nitrogens with zero attached hydrogens (tertiary/aromatic N) is 2. The van der Waals surface area contributed by atoms with Crippen molar-refractivity contribution in [1.29, 1.82) is 0 Å². The summed E-state index contributed by atoms with van der Waals surface area (Å²) in [5, 5.41) is 16.1. The van der Waals surface area contributed by atoms with Crippen molar-refractivity contribution in [2.75, 3.05) is 5.75 Å². The maximum atomic E-state index is 13.2. The molecule has 0 aliphatic carbocycles. The first-order chi connectivity index (χ1) is 10.2. The van der Waals surface area contributed by atoms with Crippen LogP contribution in [-0.4, -0.2) is 20.8 Å². The first-order valence-corrected chi connectivity index (χ1v) is 8.02. The highest BCUT2D eigenvalue weighted by Crippen LogP contribution is 2.19. The number of hydrogen-bond donors (Lipinski definition) is 1. The SMILES string of the molecule is C=CC[C@H](C)C[S@](N)(=O)=NC(=O)c1ccc(F)c([N+](=O)[O-])c1. The number of halogens is 1. The topological polar surface area (TPSA) is 116 Å². The third-order valence-corrected chi connectivity index (χ3v) is 4.24. The number of nitrogens with two attached hydrogens (primary N) is 1. The molecule has 0 radical (unpaired) electrons. The van der Waals surface area contributed by atoms with Crippen molar-refractivity contribution in [3.05, 3.63) is 52.3 Å². The van der Waals surface area contributed by atoms with Crippen LogP contribution in [0, 0.1) is 21.8 Å². The standard InChI is InChI=1S/C13H16FN3O4S/c1-3-4-9(2)8-22(15,21)16-13(18)10-5-6-11(14)12(7-10)17(19)20/h3,5-7,9H,1,4,8H2,2H3,(H2,15,16,18,21)/t9-,22+/m0/s1. The summed E-state index contributed by atoms with van der Waals surface area (Å²) >= 11 is 0. The molecule has 0 saturated heterocycles. The largest absolute Gasteiger partial charge is 0.305 e. The van der Waals surface area contributed by atoms with Crippen molar-refractivity contribution in [2.24, 2.45) is 15.4 Å². The van der Waals surface area contributed by atoms with Crippen LogP contribution in [0.25, 0.3) is 0 Å². The van der Waals surface area contributed by atoms with E-state index in [0.29, 0.717) is 6.42 Å². The minimum absolute atomic E-state index is 0.0198. The zero-order chi connectivity index (χ0) is 16.9. The molecule has 0 aliphatic rings. The smallest absolute Gasteiger partial charge is 0.266 e. The number of nitro groups is 1. The van der Waals surface area contributed by atoms with E-state index in [-0.39, 0.29) is 17.2 Å². The molecule has 1 aromatic carbocycles. The van der Waals surface area contributed by atoms with Gasteiger partial charge in [-0.2, -0.15) is 4.39 Å². The molecule has 0 fully saturated rings. The van der Waals surface area contributed by atoms with Gasteiger partial charge in [0.15, 0.2) is 0 Å². The summed E-state index contributed by atoms with van der Waals surface area (Å²) in [7, 11) is -3.28. The molecule has 7 nitrogen and oxygen atoms in total. The van der Waals surface area contributed by atoms with Crippen molar-refractivity contribution >= 4 is 21.5 Å². The van der Waals surface area contributed by atoms with E-state index in [1.54, 1.807) is 13.0 Å². The Morgan fingerprint density at radius 3 is 2.82 bits per heavy atom. The normalized spacial score (nSPS) is 14.7. The Bertz CT molecular complexity index is 726. The molecule has 2 atom stereocenters. The first-order valence-electron chi connectivity index (χ1n) is 6.28. The molecular weight excluding hydrogens is 313 g/mol. The number of allylic oxidation sites excluding steroid dienone is 1. The second kappa shape index (κ2) is 7.23. The number of carbonyl (C=O) groups excluding carboxylic acids is 1. The molecule has 1 amide bonds. The summed E-state index contributed by atoms with van der Waals surface area (Å²) in [4.78, 5) is 21.6. The Morgan fingerprint density at radius 1 is 1.64 bits per heavy atom. The van der Waals surface area contributed by atoms with Crippen molar-refractivity contribution in [2.45, 2.75) is 13.3 Å². The molecule has 0 spiro atoms.